The molecule has 0 spiro atoms. The van der Waals surface area contributed by atoms with Crippen LogP contribution in [0.1, 0.15) is 19.0 Å². The first-order valence-corrected chi connectivity index (χ1v) is 5.40. The molecule has 94 valence electrons. The number of esters is 1. The maximum atomic E-state index is 13.6. The molecule has 0 fully saturated rings. The van der Waals surface area contributed by atoms with Crippen molar-refractivity contribution in [2.45, 2.75) is 20.3 Å². The maximum absolute atomic E-state index is 13.6. The lowest BCUT2D eigenvalue weighted by Gasteiger charge is -2.18. The van der Waals surface area contributed by atoms with Crippen LogP contribution in [-0.4, -0.2) is 36.1 Å². The monoisotopic (exact) mass is 241 g/mol. The molecule has 0 aliphatic rings. The van der Waals surface area contributed by atoms with Gasteiger partial charge in [0, 0.05) is 13.6 Å². The summed E-state index contributed by atoms with van der Waals surface area (Å²) in [6, 6.07) is 0. The van der Waals surface area contributed by atoms with Crippen LogP contribution in [0.5, 0.6) is 0 Å². The van der Waals surface area contributed by atoms with Crippen LogP contribution in [-0.2, 0) is 9.53 Å². The largest absolute Gasteiger partial charge is 0.466 e. The van der Waals surface area contributed by atoms with Gasteiger partial charge in [-0.2, -0.15) is 0 Å². The second kappa shape index (κ2) is 6.12. The molecular weight excluding hydrogens is 225 g/mol. The van der Waals surface area contributed by atoms with Crippen molar-refractivity contribution < 1.29 is 13.9 Å². The summed E-state index contributed by atoms with van der Waals surface area (Å²) in [5, 5.41) is 0. The SMILES string of the molecule is CCOC(=O)CCN(C)c1ncnc(C)c1F. The van der Waals surface area contributed by atoms with Gasteiger partial charge in [0.2, 0.25) is 0 Å². The summed E-state index contributed by atoms with van der Waals surface area (Å²) in [4.78, 5) is 20.3. The minimum Gasteiger partial charge on any atom is -0.466 e. The van der Waals surface area contributed by atoms with E-state index >= 15 is 0 Å². The Morgan fingerprint density at radius 1 is 1.53 bits per heavy atom. The fourth-order valence-electron chi connectivity index (χ4n) is 1.31. The molecule has 0 saturated carbocycles. The quantitative estimate of drug-likeness (QED) is 0.727. The van der Waals surface area contributed by atoms with Crippen molar-refractivity contribution >= 4 is 11.8 Å². The zero-order valence-corrected chi connectivity index (χ0v) is 10.2. The molecule has 0 saturated heterocycles. The molecule has 0 amide bonds. The molecule has 0 atom stereocenters. The summed E-state index contributed by atoms with van der Waals surface area (Å²) in [5.41, 5.74) is 0.290. The molecule has 1 aromatic rings. The Bertz CT molecular complexity index is 398. The Morgan fingerprint density at radius 2 is 2.24 bits per heavy atom. The molecule has 0 aliphatic heterocycles. The average molecular weight is 241 g/mol. The van der Waals surface area contributed by atoms with E-state index in [9.17, 15) is 9.18 Å². The van der Waals surface area contributed by atoms with Crippen LogP contribution in [0.2, 0.25) is 0 Å². The van der Waals surface area contributed by atoms with Gasteiger partial charge in [0.1, 0.15) is 6.33 Å². The molecule has 5 nitrogen and oxygen atoms in total. The Balaban J connectivity index is 2.61. The summed E-state index contributed by atoms with van der Waals surface area (Å²) < 4.78 is 18.4. The third-order valence-corrected chi connectivity index (χ3v) is 2.26. The van der Waals surface area contributed by atoms with E-state index in [2.05, 4.69) is 9.97 Å². The molecule has 6 heteroatoms. The van der Waals surface area contributed by atoms with Crippen molar-refractivity contribution in [1.82, 2.24) is 9.97 Å². The van der Waals surface area contributed by atoms with Crippen molar-refractivity contribution in [3.8, 4) is 0 Å². The summed E-state index contributed by atoms with van der Waals surface area (Å²) in [6.07, 6.45) is 1.50. The summed E-state index contributed by atoms with van der Waals surface area (Å²) in [5.74, 6) is -0.564. The minimum absolute atomic E-state index is 0.196. The van der Waals surface area contributed by atoms with E-state index in [1.54, 1.807) is 25.8 Å². The molecule has 0 unspecified atom stereocenters. The van der Waals surface area contributed by atoms with Crippen LogP contribution < -0.4 is 4.90 Å². The predicted octanol–water partition coefficient (Wildman–Crippen LogP) is 1.31. The highest BCUT2D eigenvalue weighted by Gasteiger charge is 2.13. The molecule has 1 aromatic heterocycles. The number of aromatic nitrogens is 2. The van der Waals surface area contributed by atoms with Crippen LogP contribution in [0.25, 0.3) is 0 Å². The van der Waals surface area contributed by atoms with E-state index in [0.717, 1.165) is 0 Å². The third-order valence-electron chi connectivity index (χ3n) is 2.26. The van der Waals surface area contributed by atoms with Crippen molar-refractivity contribution in [2.24, 2.45) is 0 Å². The molecule has 0 aliphatic carbocycles. The van der Waals surface area contributed by atoms with Crippen molar-refractivity contribution in [2.75, 3.05) is 25.1 Å². The number of halogens is 1. The van der Waals surface area contributed by atoms with Crippen molar-refractivity contribution in [3.63, 3.8) is 0 Å². The van der Waals surface area contributed by atoms with E-state index in [1.165, 1.54) is 6.33 Å². The zero-order valence-electron chi connectivity index (χ0n) is 10.2. The fraction of sp³-hybridized carbons (Fsp3) is 0.545. The normalized spacial score (nSPS) is 10.1. The number of carbonyl (C=O) groups excluding carboxylic acids is 1. The van der Waals surface area contributed by atoms with Crippen LogP contribution in [0.15, 0.2) is 6.33 Å². The first-order valence-electron chi connectivity index (χ1n) is 5.40. The number of hydrogen-bond donors (Lipinski definition) is 0. The highest BCUT2D eigenvalue weighted by atomic mass is 19.1. The van der Waals surface area contributed by atoms with E-state index in [0.29, 0.717) is 13.2 Å². The highest BCUT2D eigenvalue weighted by molar-refractivity contribution is 5.70. The molecule has 0 radical (unpaired) electrons. The standard InChI is InChI=1S/C11H16FN3O2/c1-4-17-9(16)5-6-15(3)11-10(12)8(2)13-7-14-11/h7H,4-6H2,1-3H3. The van der Waals surface area contributed by atoms with Crippen LogP contribution in [0.4, 0.5) is 10.2 Å². The number of carbonyl (C=O) groups is 1. The molecular formula is C11H16FN3O2. The van der Waals surface area contributed by atoms with Crippen molar-refractivity contribution in [3.05, 3.63) is 17.8 Å². The van der Waals surface area contributed by atoms with E-state index in [1.807, 2.05) is 0 Å². The number of anilines is 1. The zero-order chi connectivity index (χ0) is 12.8. The lowest BCUT2D eigenvalue weighted by atomic mass is 10.3. The molecule has 1 rings (SSSR count). The van der Waals surface area contributed by atoms with Gasteiger partial charge in [-0.25, -0.2) is 14.4 Å². The van der Waals surface area contributed by atoms with Gasteiger partial charge in [-0.05, 0) is 13.8 Å². The molecule has 0 N–H and O–H groups in total. The summed E-state index contributed by atoms with van der Waals surface area (Å²) >= 11 is 0. The minimum atomic E-state index is -0.459. The van der Waals surface area contributed by atoms with E-state index in [4.69, 9.17) is 4.74 Å². The van der Waals surface area contributed by atoms with E-state index < -0.39 is 5.82 Å². The fourth-order valence-corrected chi connectivity index (χ4v) is 1.31. The summed E-state index contributed by atoms with van der Waals surface area (Å²) in [6.45, 7) is 4.02. The number of aryl methyl sites for hydroxylation is 1. The third kappa shape index (κ3) is 3.65. The van der Waals surface area contributed by atoms with Crippen LogP contribution >= 0.6 is 0 Å². The second-order valence-corrected chi connectivity index (χ2v) is 3.57. The number of hydrogen-bond acceptors (Lipinski definition) is 5. The number of ether oxygens (including phenoxy) is 1. The van der Waals surface area contributed by atoms with Gasteiger partial charge < -0.3 is 9.64 Å². The lowest BCUT2D eigenvalue weighted by Crippen LogP contribution is -2.24. The Kier molecular flexibility index (Phi) is 4.81. The molecule has 1 heterocycles. The second-order valence-electron chi connectivity index (χ2n) is 3.57. The maximum Gasteiger partial charge on any atom is 0.307 e. The van der Waals surface area contributed by atoms with Gasteiger partial charge in [-0.3, -0.25) is 4.79 Å². The molecule has 0 bridgehead atoms. The number of rotatable bonds is 5. The number of nitrogens with zero attached hydrogens (tertiary/aromatic N) is 3. The van der Waals surface area contributed by atoms with Crippen LogP contribution in [0.3, 0.4) is 0 Å². The van der Waals surface area contributed by atoms with Crippen molar-refractivity contribution in [1.29, 1.82) is 0 Å². The topological polar surface area (TPSA) is 55.3 Å². The van der Waals surface area contributed by atoms with Gasteiger partial charge >= 0.3 is 5.97 Å². The lowest BCUT2D eigenvalue weighted by molar-refractivity contribution is -0.142. The Labute approximate surface area is 99.6 Å². The average Bonchev–Trinajstić information content (AvgIpc) is 2.30. The Hall–Kier alpha value is -1.72. The van der Waals surface area contributed by atoms with Gasteiger partial charge in [0.05, 0.1) is 18.7 Å². The molecule has 17 heavy (non-hydrogen) atoms. The summed E-state index contributed by atoms with van der Waals surface area (Å²) in [7, 11) is 1.67. The highest BCUT2D eigenvalue weighted by Crippen LogP contribution is 2.15. The van der Waals surface area contributed by atoms with Gasteiger partial charge in [-0.1, -0.05) is 0 Å². The smallest absolute Gasteiger partial charge is 0.307 e. The first-order chi connectivity index (χ1) is 8.06. The van der Waals surface area contributed by atoms with Gasteiger partial charge in [-0.15, -0.1) is 0 Å². The van der Waals surface area contributed by atoms with Gasteiger partial charge in [0.15, 0.2) is 11.6 Å². The van der Waals surface area contributed by atoms with Gasteiger partial charge in [0.25, 0.3) is 0 Å². The first kappa shape index (κ1) is 13.3. The Morgan fingerprint density at radius 3 is 2.88 bits per heavy atom. The molecule has 0 aromatic carbocycles. The predicted molar refractivity (Wildman–Crippen MR) is 61.2 cm³/mol. The van der Waals surface area contributed by atoms with Crippen LogP contribution in [0, 0.1) is 12.7 Å². The van der Waals surface area contributed by atoms with E-state index in [-0.39, 0.29) is 23.9 Å².